The van der Waals surface area contributed by atoms with Crippen LogP contribution in [0.15, 0.2) is 0 Å². The first kappa shape index (κ1) is 13.5. The Hall–Kier alpha value is -0.950. The summed E-state index contributed by atoms with van der Waals surface area (Å²) in [4.78, 5) is 26.2. The molecule has 2 heterocycles. The first-order valence-corrected chi connectivity index (χ1v) is 7.18. The average Bonchev–Trinajstić information content (AvgIpc) is 2.95. The summed E-state index contributed by atoms with van der Waals surface area (Å²) >= 11 is 1.80. The lowest BCUT2D eigenvalue weighted by Gasteiger charge is -2.31. The zero-order chi connectivity index (χ0) is 13.3. The SMILES string of the molecule is CN(C(=O)N1CC(O)CC1C(=O)O)C1CCSC1. The van der Waals surface area contributed by atoms with Gasteiger partial charge in [-0.2, -0.15) is 11.8 Å². The summed E-state index contributed by atoms with van der Waals surface area (Å²) in [5.74, 6) is 0.887. The topological polar surface area (TPSA) is 81.1 Å². The molecule has 2 amide bonds. The largest absolute Gasteiger partial charge is 0.480 e. The van der Waals surface area contributed by atoms with E-state index in [0.29, 0.717) is 0 Å². The molecule has 18 heavy (non-hydrogen) atoms. The van der Waals surface area contributed by atoms with Gasteiger partial charge in [0.15, 0.2) is 0 Å². The highest BCUT2D eigenvalue weighted by Gasteiger charge is 2.41. The van der Waals surface area contributed by atoms with Gasteiger partial charge in [-0.1, -0.05) is 0 Å². The van der Waals surface area contributed by atoms with Gasteiger partial charge in [0.25, 0.3) is 0 Å². The normalized spacial score (nSPS) is 31.7. The van der Waals surface area contributed by atoms with E-state index in [1.807, 2.05) is 0 Å². The number of hydrogen-bond acceptors (Lipinski definition) is 4. The van der Waals surface area contributed by atoms with E-state index in [-0.39, 0.29) is 25.0 Å². The Kier molecular flexibility index (Phi) is 4.01. The van der Waals surface area contributed by atoms with Crippen LogP contribution in [0.2, 0.25) is 0 Å². The quantitative estimate of drug-likeness (QED) is 0.744. The number of aliphatic carboxylic acids is 1. The second-order valence-corrected chi connectivity index (χ2v) is 5.96. The van der Waals surface area contributed by atoms with Crippen molar-refractivity contribution in [1.29, 1.82) is 0 Å². The number of carboxylic acids is 1. The lowest BCUT2D eigenvalue weighted by Crippen LogP contribution is -2.50. The molecule has 3 unspecified atom stereocenters. The van der Waals surface area contributed by atoms with Crippen LogP contribution in [0.5, 0.6) is 0 Å². The van der Waals surface area contributed by atoms with Crippen LogP contribution in [0.1, 0.15) is 12.8 Å². The molecule has 0 spiro atoms. The Bertz CT molecular complexity index is 346. The number of carbonyl (C=O) groups is 2. The highest BCUT2D eigenvalue weighted by atomic mass is 32.2. The Labute approximate surface area is 110 Å². The minimum absolute atomic E-state index is 0.111. The van der Waals surface area contributed by atoms with E-state index in [4.69, 9.17) is 5.11 Å². The molecule has 2 aliphatic rings. The van der Waals surface area contributed by atoms with Crippen LogP contribution >= 0.6 is 11.8 Å². The first-order valence-electron chi connectivity index (χ1n) is 6.02. The molecule has 2 saturated heterocycles. The Morgan fingerprint density at radius 3 is 2.72 bits per heavy atom. The molecule has 0 radical (unpaired) electrons. The maximum absolute atomic E-state index is 12.3. The fourth-order valence-electron chi connectivity index (χ4n) is 2.45. The second-order valence-electron chi connectivity index (χ2n) is 4.81. The molecule has 2 fully saturated rings. The van der Waals surface area contributed by atoms with Gasteiger partial charge in [0.2, 0.25) is 0 Å². The van der Waals surface area contributed by atoms with Crippen LogP contribution < -0.4 is 0 Å². The van der Waals surface area contributed by atoms with Crippen LogP contribution in [0.25, 0.3) is 0 Å². The monoisotopic (exact) mass is 274 g/mol. The number of β-amino-alcohol motifs (C(OH)–C–C–N with tert-alkyl or cyclic N) is 1. The molecule has 0 bridgehead atoms. The number of thioether (sulfide) groups is 1. The summed E-state index contributed by atoms with van der Waals surface area (Å²) in [6.07, 6.45) is 0.330. The summed E-state index contributed by atoms with van der Waals surface area (Å²) in [6.45, 7) is 0.111. The van der Waals surface area contributed by atoms with E-state index in [0.717, 1.165) is 17.9 Å². The third kappa shape index (κ3) is 2.56. The van der Waals surface area contributed by atoms with Crippen molar-refractivity contribution in [2.24, 2.45) is 0 Å². The molecule has 2 rings (SSSR count). The molecule has 2 N–H and O–H groups in total. The van der Waals surface area contributed by atoms with Crippen LogP contribution in [0.3, 0.4) is 0 Å². The number of aliphatic hydroxyl groups excluding tert-OH is 1. The number of carbonyl (C=O) groups excluding carboxylic acids is 1. The lowest BCUT2D eigenvalue weighted by atomic mass is 10.2. The number of rotatable bonds is 2. The molecule has 0 saturated carbocycles. The number of likely N-dealkylation sites (tertiary alicyclic amines) is 1. The van der Waals surface area contributed by atoms with Crippen molar-refractivity contribution in [2.45, 2.75) is 31.0 Å². The van der Waals surface area contributed by atoms with Gasteiger partial charge < -0.3 is 20.0 Å². The van der Waals surface area contributed by atoms with Crippen LogP contribution in [-0.4, -0.2) is 75.3 Å². The van der Waals surface area contributed by atoms with Gasteiger partial charge in [0.1, 0.15) is 6.04 Å². The first-order chi connectivity index (χ1) is 8.50. The lowest BCUT2D eigenvalue weighted by molar-refractivity contribution is -0.141. The number of aliphatic hydroxyl groups is 1. The van der Waals surface area contributed by atoms with Crippen molar-refractivity contribution in [3.8, 4) is 0 Å². The van der Waals surface area contributed by atoms with E-state index in [1.165, 1.54) is 4.90 Å². The Morgan fingerprint density at radius 2 is 2.17 bits per heavy atom. The second kappa shape index (κ2) is 5.36. The maximum Gasteiger partial charge on any atom is 0.326 e. The van der Waals surface area contributed by atoms with Gasteiger partial charge in [0, 0.05) is 31.8 Å². The number of urea groups is 1. The molecule has 3 atom stereocenters. The molecule has 102 valence electrons. The summed E-state index contributed by atoms with van der Waals surface area (Å²) in [5, 5.41) is 18.6. The average molecular weight is 274 g/mol. The summed E-state index contributed by atoms with van der Waals surface area (Å²) in [5.41, 5.74) is 0. The highest BCUT2D eigenvalue weighted by Crippen LogP contribution is 2.25. The van der Waals surface area contributed by atoms with Crippen LogP contribution in [0.4, 0.5) is 4.79 Å². The maximum atomic E-state index is 12.3. The van der Waals surface area contributed by atoms with Gasteiger partial charge in [0.05, 0.1) is 6.10 Å². The fraction of sp³-hybridized carbons (Fsp3) is 0.818. The van der Waals surface area contributed by atoms with E-state index in [1.54, 1.807) is 23.7 Å². The van der Waals surface area contributed by atoms with Crippen molar-refractivity contribution in [1.82, 2.24) is 9.80 Å². The van der Waals surface area contributed by atoms with E-state index in [2.05, 4.69) is 0 Å². The number of nitrogens with zero attached hydrogens (tertiary/aromatic N) is 2. The number of carboxylic acid groups (broad SMARTS) is 1. The molecule has 0 aliphatic carbocycles. The van der Waals surface area contributed by atoms with Crippen molar-refractivity contribution in [2.75, 3.05) is 25.1 Å². The predicted octanol–water partition coefficient (Wildman–Crippen LogP) is 0.0635. The van der Waals surface area contributed by atoms with Gasteiger partial charge >= 0.3 is 12.0 Å². The summed E-state index contributed by atoms with van der Waals surface area (Å²) in [6, 6.07) is -1.01. The molecule has 0 aromatic carbocycles. The standard InChI is InChI=1S/C11H18N2O4S/c1-12(7-2-3-18-6-7)11(17)13-5-8(14)4-9(13)10(15)16/h7-9,14H,2-6H2,1H3,(H,15,16). The third-order valence-corrected chi connectivity index (χ3v) is 4.71. The van der Waals surface area contributed by atoms with Crippen molar-refractivity contribution < 1.29 is 19.8 Å². The molecule has 0 aromatic rings. The molecule has 0 aromatic heterocycles. The molecule has 2 aliphatic heterocycles. The van der Waals surface area contributed by atoms with Crippen LogP contribution in [-0.2, 0) is 4.79 Å². The Morgan fingerprint density at radius 1 is 1.44 bits per heavy atom. The van der Waals surface area contributed by atoms with Crippen LogP contribution in [0, 0.1) is 0 Å². The Balaban J connectivity index is 2.04. The third-order valence-electron chi connectivity index (χ3n) is 3.56. The minimum atomic E-state index is -1.05. The molecular formula is C11H18N2O4S. The summed E-state index contributed by atoms with van der Waals surface area (Å²) in [7, 11) is 1.71. The van der Waals surface area contributed by atoms with Gasteiger partial charge in [-0.25, -0.2) is 9.59 Å². The van der Waals surface area contributed by atoms with Crippen molar-refractivity contribution >= 4 is 23.8 Å². The summed E-state index contributed by atoms with van der Waals surface area (Å²) < 4.78 is 0. The molecule has 6 nitrogen and oxygen atoms in total. The van der Waals surface area contributed by atoms with E-state index < -0.39 is 18.1 Å². The van der Waals surface area contributed by atoms with Gasteiger partial charge in [-0.15, -0.1) is 0 Å². The molecule has 7 heteroatoms. The fourth-order valence-corrected chi connectivity index (χ4v) is 3.71. The van der Waals surface area contributed by atoms with Gasteiger partial charge in [-0.05, 0) is 12.2 Å². The predicted molar refractivity (Wildman–Crippen MR) is 67.6 cm³/mol. The van der Waals surface area contributed by atoms with Gasteiger partial charge in [-0.3, -0.25) is 0 Å². The smallest absolute Gasteiger partial charge is 0.326 e. The zero-order valence-corrected chi connectivity index (χ0v) is 11.1. The number of amides is 2. The zero-order valence-electron chi connectivity index (χ0n) is 10.3. The van der Waals surface area contributed by atoms with Crippen molar-refractivity contribution in [3.05, 3.63) is 0 Å². The van der Waals surface area contributed by atoms with Crippen molar-refractivity contribution in [3.63, 3.8) is 0 Å². The minimum Gasteiger partial charge on any atom is -0.480 e. The van der Waals surface area contributed by atoms with E-state index in [9.17, 15) is 14.7 Å². The highest BCUT2D eigenvalue weighted by molar-refractivity contribution is 7.99. The van der Waals surface area contributed by atoms with E-state index >= 15 is 0 Å². The number of hydrogen-bond donors (Lipinski definition) is 2. The molecular weight excluding hydrogens is 256 g/mol.